The molecule has 4 heteroatoms. The van der Waals surface area contributed by atoms with E-state index in [1.807, 2.05) is 36.1 Å². The first-order chi connectivity index (χ1) is 10.2. The summed E-state index contributed by atoms with van der Waals surface area (Å²) in [6.07, 6.45) is 1.58. The summed E-state index contributed by atoms with van der Waals surface area (Å²) in [5.41, 5.74) is 2.06. The van der Waals surface area contributed by atoms with Gasteiger partial charge in [-0.1, -0.05) is 30.3 Å². The quantitative estimate of drug-likeness (QED) is 0.851. The van der Waals surface area contributed by atoms with Crippen molar-refractivity contribution < 1.29 is 9.21 Å². The number of nitrogens with zero attached hydrogens (tertiary/aromatic N) is 2. The fourth-order valence-electron chi connectivity index (χ4n) is 2.85. The van der Waals surface area contributed by atoms with Crippen LogP contribution in [0.2, 0.25) is 0 Å². The maximum absolute atomic E-state index is 12.8. The van der Waals surface area contributed by atoms with Gasteiger partial charge in [-0.15, -0.1) is 0 Å². The number of aryl methyl sites for hydroxylation is 1. The molecular weight excluding hydrogens is 264 g/mol. The second-order valence-electron chi connectivity index (χ2n) is 5.62. The summed E-state index contributed by atoms with van der Waals surface area (Å²) in [6, 6.07) is 12.1. The van der Waals surface area contributed by atoms with Gasteiger partial charge in [0.1, 0.15) is 0 Å². The zero-order valence-corrected chi connectivity index (χ0v) is 12.5. The average molecular weight is 284 g/mol. The molecule has 0 aliphatic carbocycles. The van der Waals surface area contributed by atoms with Crippen LogP contribution >= 0.6 is 0 Å². The van der Waals surface area contributed by atoms with E-state index in [0.29, 0.717) is 5.76 Å². The Labute approximate surface area is 125 Å². The van der Waals surface area contributed by atoms with Crippen molar-refractivity contribution >= 4 is 5.91 Å². The van der Waals surface area contributed by atoms with Crippen LogP contribution in [0.25, 0.3) is 0 Å². The van der Waals surface area contributed by atoms with Crippen molar-refractivity contribution in [2.45, 2.75) is 13.0 Å². The lowest BCUT2D eigenvalue weighted by atomic mass is 10.0. The van der Waals surface area contributed by atoms with Gasteiger partial charge in [-0.3, -0.25) is 4.79 Å². The lowest BCUT2D eigenvalue weighted by Gasteiger charge is -2.40. The Hall–Kier alpha value is -2.07. The molecule has 0 bridgehead atoms. The topological polar surface area (TPSA) is 36.7 Å². The van der Waals surface area contributed by atoms with Gasteiger partial charge < -0.3 is 14.2 Å². The Kier molecular flexibility index (Phi) is 3.80. The predicted molar refractivity (Wildman–Crippen MR) is 81.2 cm³/mol. The molecule has 1 aromatic heterocycles. The van der Waals surface area contributed by atoms with E-state index in [2.05, 4.69) is 24.1 Å². The second-order valence-corrected chi connectivity index (χ2v) is 5.62. The molecule has 21 heavy (non-hydrogen) atoms. The summed E-state index contributed by atoms with van der Waals surface area (Å²) in [7, 11) is 2.09. The minimum Gasteiger partial charge on any atom is -0.459 e. The molecule has 1 saturated heterocycles. The summed E-state index contributed by atoms with van der Waals surface area (Å²) in [6.45, 7) is 4.35. The first-order valence-corrected chi connectivity index (χ1v) is 7.25. The zero-order valence-electron chi connectivity index (χ0n) is 12.5. The van der Waals surface area contributed by atoms with Crippen molar-refractivity contribution in [1.82, 2.24) is 9.80 Å². The number of piperazine rings is 1. The number of amides is 1. The molecule has 2 heterocycles. The summed E-state index contributed by atoms with van der Waals surface area (Å²) in [4.78, 5) is 17.0. The van der Waals surface area contributed by atoms with Gasteiger partial charge in [0.15, 0.2) is 5.76 Å². The number of hydrogen-bond donors (Lipinski definition) is 0. The van der Waals surface area contributed by atoms with E-state index in [-0.39, 0.29) is 11.9 Å². The number of benzene rings is 1. The van der Waals surface area contributed by atoms with Crippen LogP contribution in [0.1, 0.15) is 27.7 Å². The van der Waals surface area contributed by atoms with Gasteiger partial charge in [0, 0.05) is 25.2 Å². The van der Waals surface area contributed by atoms with Crippen LogP contribution in [0.4, 0.5) is 0 Å². The number of hydrogen-bond acceptors (Lipinski definition) is 3. The van der Waals surface area contributed by atoms with Crippen LogP contribution in [0.5, 0.6) is 0 Å². The highest BCUT2D eigenvalue weighted by Gasteiger charge is 2.32. The minimum atomic E-state index is -0.0144. The van der Waals surface area contributed by atoms with Crippen molar-refractivity contribution in [3.8, 4) is 0 Å². The third-order valence-corrected chi connectivity index (χ3v) is 4.08. The van der Waals surface area contributed by atoms with Gasteiger partial charge in [0.25, 0.3) is 5.91 Å². The molecule has 110 valence electrons. The minimum absolute atomic E-state index is 0.0144. The normalized spacial score (nSPS) is 19.7. The smallest absolute Gasteiger partial charge is 0.290 e. The molecule has 0 spiro atoms. The summed E-state index contributed by atoms with van der Waals surface area (Å²) in [5.74, 6) is 0.444. The van der Waals surface area contributed by atoms with Crippen molar-refractivity contribution in [2.24, 2.45) is 0 Å². The van der Waals surface area contributed by atoms with Crippen molar-refractivity contribution in [3.05, 3.63) is 59.5 Å². The Morgan fingerprint density at radius 3 is 2.62 bits per heavy atom. The molecule has 0 radical (unpaired) electrons. The van der Waals surface area contributed by atoms with Crippen LogP contribution in [0.3, 0.4) is 0 Å². The highest BCUT2D eigenvalue weighted by molar-refractivity contribution is 5.93. The van der Waals surface area contributed by atoms with Crippen molar-refractivity contribution in [1.29, 1.82) is 0 Å². The molecule has 1 aromatic carbocycles. The fourth-order valence-corrected chi connectivity index (χ4v) is 2.85. The highest BCUT2D eigenvalue weighted by atomic mass is 16.3. The van der Waals surface area contributed by atoms with Gasteiger partial charge >= 0.3 is 0 Å². The Bertz CT molecular complexity index is 621. The Balaban J connectivity index is 1.91. The average Bonchev–Trinajstić information content (AvgIpc) is 2.93. The van der Waals surface area contributed by atoms with Gasteiger partial charge in [-0.2, -0.15) is 0 Å². The van der Waals surface area contributed by atoms with Gasteiger partial charge in [0.2, 0.25) is 0 Å². The number of rotatable bonds is 2. The van der Waals surface area contributed by atoms with Crippen LogP contribution < -0.4 is 0 Å². The molecule has 3 rings (SSSR count). The van der Waals surface area contributed by atoms with E-state index >= 15 is 0 Å². The van der Waals surface area contributed by atoms with Crippen LogP contribution in [0.15, 0.2) is 47.1 Å². The van der Waals surface area contributed by atoms with Crippen molar-refractivity contribution in [3.63, 3.8) is 0 Å². The Morgan fingerprint density at radius 2 is 1.95 bits per heavy atom. The molecule has 0 unspecified atom stereocenters. The number of likely N-dealkylation sites (N-methyl/N-ethyl adjacent to an activating group) is 1. The van der Waals surface area contributed by atoms with Gasteiger partial charge in [-0.05, 0) is 25.6 Å². The van der Waals surface area contributed by atoms with Crippen LogP contribution in [0, 0.1) is 6.92 Å². The van der Waals surface area contributed by atoms with Gasteiger partial charge in [-0.25, -0.2) is 0 Å². The molecule has 0 N–H and O–H groups in total. The predicted octanol–water partition coefficient (Wildman–Crippen LogP) is 2.72. The van der Waals surface area contributed by atoms with Crippen molar-refractivity contribution in [2.75, 3.05) is 26.7 Å². The van der Waals surface area contributed by atoms with Crippen LogP contribution in [-0.2, 0) is 0 Å². The molecule has 4 nitrogen and oxygen atoms in total. The molecule has 1 fully saturated rings. The first kappa shape index (κ1) is 13.9. The molecule has 2 aromatic rings. The van der Waals surface area contributed by atoms with Gasteiger partial charge in [0.05, 0.1) is 12.3 Å². The van der Waals surface area contributed by atoms with E-state index in [1.54, 1.807) is 6.26 Å². The van der Waals surface area contributed by atoms with E-state index in [1.165, 1.54) is 5.56 Å². The third kappa shape index (κ3) is 2.72. The highest BCUT2D eigenvalue weighted by Crippen LogP contribution is 2.27. The maximum atomic E-state index is 12.8. The van der Waals surface area contributed by atoms with E-state index in [4.69, 9.17) is 4.42 Å². The third-order valence-electron chi connectivity index (χ3n) is 4.08. The molecule has 1 amide bonds. The molecule has 1 atom stereocenters. The van der Waals surface area contributed by atoms with E-state index in [0.717, 1.165) is 25.2 Å². The number of carbonyl (C=O) groups is 1. The van der Waals surface area contributed by atoms with Crippen LogP contribution in [-0.4, -0.2) is 42.4 Å². The zero-order chi connectivity index (χ0) is 14.8. The molecule has 0 saturated carbocycles. The second kappa shape index (κ2) is 5.74. The molecular formula is C17H20N2O2. The summed E-state index contributed by atoms with van der Waals surface area (Å²) >= 11 is 0. The number of carbonyl (C=O) groups excluding carboxylic acids is 1. The first-order valence-electron chi connectivity index (χ1n) is 7.25. The van der Waals surface area contributed by atoms with E-state index in [9.17, 15) is 4.79 Å². The number of furan rings is 1. The maximum Gasteiger partial charge on any atom is 0.290 e. The summed E-state index contributed by atoms with van der Waals surface area (Å²) in [5, 5.41) is 0. The Morgan fingerprint density at radius 1 is 1.19 bits per heavy atom. The lowest BCUT2D eigenvalue weighted by molar-refractivity contribution is 0.0467. The molecule has 1 aliphatic heterocycles. The fraction of sp³-hybridized carbons (Fsp3) is 0.353. The standard InChI is InChI=1S/C17H20N2O2/c1-13-8-11-21-16(13)17(20)19-10-9-18(2)12-15(19)14-6-4-3-5-7-14/h3-8,11,15H,9-10,12H2,1-2H3/t15-/m0/s1. The monoisotopic (exact) mass is 284 g/mol. The lowest BCUT2D eigenvalue weighted by Crippen LogP contribution is -2.49. The molecule has 1 aliphatic rings. The SMILES string of the molecule is Cc1ccoc1C(=O)N1CCN(C)C[C@H]1c1ccccc1. The largest absolute Gasteiger partial charge is 0.459 e. The van der Waals surface area contributed by atoms with E-state index < -0.39 is 0 Å². The summed E-state index contributed by atoms with van der Waals surface area (Å²) < 4.78 is 5.39.